The van der Waals surface area contributed by atoms with Crippen LogP contribution in [0.25, 0.3) is 0 Å². The van der Waals surface area contributed by atoms with Gasteiger partial charge in [0.25, 0.3) is 0 Å². The summed E-state index contributed by atoms with van der Waals surface area (Å²) >= 11 is 3.29. The molecule has 84 valence electrons. The van der Waals surface area contributed by atoms with E-state index in [0.29, 0.717) is 11.1 Å². The van der Waals surface area contributed by atoms with E-state index in [4.69, 9.17) is 5.11 Å². The van der Waals surface area contributed by atoms with Crippen molar-refractivity contribution in [2.24, 2.45) is 0 Å². The van der Waals surface area contributed by atoms with Crippen molar-refractivity contribution in [2.45, 2.75) is 13.8 Å². The van der Waals surface area contributed by atoms with Gasteiger partial charge in [-0.15, -0.1) is 0 Å². The van der Waals surface area contributed by atoms with Crippen molar-refractivity contribution in [3.8, 4) is 5.75 Å². The molecule has 0 fully saturated rings. The summed E-state index contributed by atoms with van der Waals surface area (Å²) in [5, 5.41) is 9.11. The third kappa shape index (κ3) is 3.66. The van der Waals surface area contributed by atoms with E-state index in [1.54, 1.807) is 25.1 Å². The van der Waals surface area contributed by atoms with Crippen LogP contribution in [0.1, 0.15) is 24.2 Å². The van der Waals surface area contributed by atoms with Crippen LogP contribution in [0.4, 0.5) is 0 Å². The molecule has 0 saturated carbocycles. The molecule has 0 radical (unpaired) electrons. The van der Waals surface area contributed by atoms with Crippen LogP contribution in [0, 0.1) is 0 Å². The first kappa shape index (κ1) is 12.7. The van der Waals surface area contributed by atoms with Crippen molar-refractivity contribution in [3.63, 3.8) is 0 Å². The molecule has 1 aromatic carbocycles. The molecule has 0 aliphatic rings. The van der Waals surface area contributed by atoms with E-state index in [9.17, 15) is 4.79 Å². The van der Waals surface area contributed by atoms with Gasteiger partial charge in [0.15, 0.2) is 5.78 Å². The Morgan fingerprint density at radius 2 is 1.75 bits per heavy atom. The maximum atomic E-state index is 11.9. The summed E-state index contributed by atoms with van der Waals surface area (Å²) in [7, 11) is 0. The minimum Gasteiger partial charge on any atom is -0.508 e. The molecule has 1 rings (SSSR count). The van der Waals surface area contributed by atoms with Crippen LogP contribution in [0.15, 0.2) is 46.5 Å². The number of halogens is 1. The average Bonchev–Trinajstić information content (AvgIpc) is 2.26. The summed E-state index contributed by atoms with van der Waals surface area (Å²) in [6, 6.07) is 6.23. The zero-order valence-corrected chi connectivity index (χ0v) is 10.8. The molecule has 0 saturated heterocycles. The van der Waals surface area contributed by atoms with Crippen LogP contribution in [0.3, 0.4) is 0 Å². The van der Waals surface area contributed by atoms with Gasteiger partial charge >= 0.3 is 0 Å². The molecule has 0 aromatic heterocycles. The first-order chi connectivity index (χ1) is 7.50. The number of carbonyl (C=O) groups excluding carboxylic acids is 1. The molecule has 0 heterocycles. The Morgan fingerprint density at radius 1 is 1.19 bits per heavy atom. The third-order valence-electron chi connectivity index (χ3n) is 2.05. The summed E-state index contributed by atoms with van der Waals surface area (Å²) in [4.78, 5) is 11.9. The fourth-order valence-corrected chi connectivity index (χ4v) is 1.29. The number of benzene rings is 1. The molecular weight excluding hydrogens is 268 g/mol. The smallest absolute Gasteiger partial charge is 0.188 e. The van der Waals surface area contributed by atoms with Gasteiger partial charge in [-0.2, -0.15) is 0 Å². The minimum atomic E-state index is -0.0370. The lowest BCUT2D eigenvalue weighted by atomic mass is 10.0. The molecule has 0 unspecified atom stereocenters. The zero-order chi connectivity index (χ0) is 12.1. The predicted molar refractivity (Wildman–Crippen MR) is 68.9 cm³/mol. The minimum absolute atomic E-state index is 0.0370. The Balaban J connectivity index is 2.90. The largest absolute Gasteiger partial charge is 0.508 e. The maximum Gasteiger partial charge on any atom is 0.188 e. The summed E-state index contributed by atoms with van der Waals surface area (Å²) in [6.45, 7) is 3.66. The van der Waals surface area contributed by atoms with Crippen LogP contribution in [0.2, 0.25) is 0 Å². The van der Waals surface area contributed by atoms with E-state index in [1.807, 2.05) is 13.0 Å². The SMILES string of the molecule is C/C(Br)=C\C=C(/C)C(=O)c1ccc(O)cc1. The monoisotopic (exact) mass is 280 g/mol. The highest BCUT2D eigenvalue weighted by atomic mass is 79.9. The van der Waals surface area contributed by atoms with Gasteiger partial charge in [-0.05, 0) is 48.2 Å². The molecule has 1 aromatic rings. The summed E-state index contributed by atoms with van der Waals surface area (Å²) < 4.78 is 0.963. The Kier molecular flexibility index (Phi) is 4.50. The Labute approximate surface area is 103 Å². The highest BCUT2D eigenvalue weighted by Crippen LogP contribution is 2.14. The fourth-order valence-electron chi connectivity index (χ4n) is 1.16. The topological polar surface area (TPSA) is 37.3 Å². The molecule has 0 atom stereocenters. The van der Waals surface area contributed by atoms with Crippen molar-refractivity contribution >= 4 is 21.7 Å². The van der Waals surface area contributed by atoms with E-state index < -0.39 is 0 Å². The van der Waals surface area contributed by atoms with E-state index in [1.165, 1.54) is 12.1 Å². The quantitative estimate of drug-likeness (QED) is 0.519. The van der Waals surface area contributed by atoms with E-state index in [2.05, 4.69) is 15.9 Å². The number of carbonyl (C=O) groups is 1. The van der Waals surface area contributed by atoms with E-state index in [-0.39, 0.29) is 11.5 Å². The van der Waals surface area contributed by atoms with Gasteiger partial charge < -0.3 is 5.11 Å². The second-order valence-electron chi connectivity index (χ2n) is 3.48. The van der Waals surface area contributed by atoms with Crippen LogP contribution < -0.4 is 0 Å². The van der Waals surface area contributed by atoms with Gasteiger partial charge in [0.05, 0.1) is 0 Å². The molecule has 0 aliphatic carbocycles. The van der Waals surface area contributed by atoms with Crippen molar-refractivity contribution in [1.29, 1.82) is 0 Å². The second kappa shape index (κ2) is 5.66. The number of hydrogen-bond acceptors (Lipinski definition) is 2. The fraction of sp³-hybridized carbons (Fsp3) is 0.154. The lowest BCUT2D eigenvalue weighted by molar-refractivity contribution is 0.103. The Morgan fingerprint density at radius 3 is 2.25 bits per heavy atom. The van der Waals surface area contributed by atoms with Crippen molar-refractivity contribution in [2.75, 3.05) is 0 Å². The average molecular weight is 281 g/mol. The Hall–Kier alpha value is -1.35. The lowest BCUT2D eigenvalue weighted by Gasteiger charge is -2.00. The number of phenols is 1. The van der Waals surface area contributed by atoms with Gasteiger partial charge in [-0.1, -0.05) is 28.1 Å². The Bertz CT molecular complexity index is 438. The molecule has 0 spiro atoms. The summed E-state index contributed by atoms with van der Waals surface area (Å²) in [6.07, 6.45) is 3.59. The summed E-state index contributed by atoms with van der Waals surface area (Å²) in [5.74, 6) is 0.124. The number of hydrogen-bond donors (Lipinski definition) is 1. The van der Waals surface area contributed by atoms with E-state index in [0.717, 1.165) is 4.48 Å². The standard InChI is InChI=1S/C13H13BrO2/c1-9(3-4-10(2)14)13(16)11-5-7-12(15)8-6-11/h3-8,15H,1-2H3/b9-3+,10-4+. The number of Topliss-reactive ketones (excluding diaryl/α,β-unsaturated/α-hetero) is 1. The first-order valence-corrected chi connectivity index (χ1v) is 5.64. The molecular formula is C13H13BrO2. The maximum absolute atomic E-state index is 11.9. The lowest BCUT2D eigenvalue weighted by Crippen LogP contribution is -1.99. The molecule has 16 heavy (non-hydrogen) atoms. The van der Waals surface area contributed by atoms with Gasteiger partial charge in [0.2, 0.25) is 0 Å². The normalized spacial score (nSPS) is 12.7. The van der Waals surface area contributed by atoms with Crippen molar-refractivity contribution in [1.82, 2.24) is 0 Å². The highest BCUT2D eigenvalue weighted by Gasteiger charge is 2.06. The predicted octanol–water partition coefficient (Wildman–Crippen LogP) is 3.82. The molecule has 0 aliphatic heterocycles. The number of aromatic hydroxyl groups is 1. The highest BCUT2D eigenvalue weighted by molar-refractivity contribution is 9.11. The van der Waals surface area contributed by atoms with Gasteiger partial charge in [-0.3, -0.25) is 4.79 Å². The van der Waals surface area contributed by atoms with Crippen molar-refractivity contribution < 1.29 is 9.90 Å². The van der Waals surface area contributed by atoms with Crippen LogP contribution in [-0.4, -0.2) is 10.9 Å². The third-order valence-corrected chi connectivity index (χ3v) is 2.31. The molecule has 1 N–H and O–H groups in total. The number of rotatable bonds is 3. The number of phenolic OH excluding ortho intramolecular Hbond substituents is 1. The van der Waals surface area contributed by atoms with Gasteiger partial charge in [-0.25, -0.2) is 0 Å². The molecule has 0 bridgehead atoms. The van der Waals surface area contributed by atoms with Crippen LogP contribution in [0.5, 0.6) is 5.75 Å². The molecule has 3 heteroatoms. The molecule has 0 amide bonds. The van der Waals surface area contributed by atoms with Crippen molar-refractivity contribution in [3.05, 3.63) is 52.0 Å². The van der Waals surface area contributed by atoms with E-state index >= 15 is 0 Å². The first-order valence-electron chi connectivity index (χ1n) is 4.85. The van der Waals surface area contributed by atoms with Crippen LogP contribution in [-0.2, 0) is 0 Å². The van der Waals surface area contributed by atoms with Gasteiger partial charge in [0.1, 0.15) is 5.75 Å². The summed E-state index contributed by atoms with van der Waals surface area (Å²) in [5.41, 5.74) is 1.23. The van der Waals surface area contributed by atoms with Crippen LogP contribution >= 0.6 is 15.9 Å². The van der Waals surface area contributed by atoms with Gasteiger partial charge in [0, 0.05) is 5.56 Å². The second-order valence-corrected chi connectivity index (χ2v) is 4.73. The zero-order valence-electron chi connectivity index (χ0n) is 9.20. The number of ketones is 1. The molecule has 2 nitrogen and oxygen atoms in total. The number of allylic oxidation sites excluding steroid dienone is 4.